The molecular weight excluding hydrogens is 476 g/mol. The number of nitrogens with one attached hydrogen (secondary N) is 1. The van der Waals surface area contributed by atoms with Crippen molar-refractivity contribution >= 4 is 22.5 Å². The van der Waals surface area contributed by atoms with Crippen LogP contribution in [0.15, 0.2) is 60.8 Å². The highest BCUT2D eigenvalue weighted by Gasteiger charge is 2.33. The van der Waals surface area contributed by atoms with E-state index in [1.165, 1.54) is 12.1 Å². The van der Waals surface area contributed by atoms with Gasteiger partial charge in [0.25, 0.3) is 5.91 Å². The van der Waals surface area contributed by atoms with Crippen molar-refractivity contribution in [3.05, 3.63) is 78.1 Å². The molecule has 0 radical (unpaired) electrons. The molecular formula is C28H25F2N5O2. The fourth-order valence-electron chi connectivity index (χ4n) is 5.31. The summed E-state index contributed by atoms with van der Waals surface area (Å²) in [7, 11) is 0. The Balaban J connectivity index is 1.54. The average Bonchev–Trinajstić information content (AvgIpc) is 2.91. The molecule has 2 aliphatic rings. The maximum Gasteiger partial charge on any atom is 0.267 e. The van der Waals surface area contributed by atoms with Crippen LogP contribution in [0.25, 0.3) is 33.3 Å². The number of morpholine rings is 1. The van der Waals surface area contributed by atoms with Crippen molar-refractivity contribution in [2.75, 3.05) is 31.1 Å². The maximum absolute atomic E-state index is 14.3. The van der Waals surface area contributed by atoms with Crippen molar-refractivity contribution in [1.82, 2.24) is 15.3 Å². The topological polar surface area (TPSA) is 93.4 Å². The van der Waals surface area contributed by atoms with Gasteiger partial charge in [0.2, 0.25) is 0 Å². The van der Waals surface area contributed by atoms with Gasteiger partial charge in [0.1, 0.15) is 17.3 Å². The Bertz CT molecular complexity index is 1490. The molecule has 0 bridgehead atoms. The van der Waals surface area contributed by atoms with E-state index >= 15 is 0 Å². The lowest BCUT2D eigenvalue weighted by Crippen LogP contribution is -2.57. The number of aromatic nitrogens is 2. The highest BCUT2D eigenvalue weighted by molar-refractivity contribution is 6.01. The third-order valence-electron chi connectivity index (χ3n) is 7.03. The smallest absolute Gasteiger partial charge is 0.267 e. The van der Waals surface area contributed by atoms with E-state index in [4.69, 9.17) is 10.5 Å². The fraction of sp³-hybridized carbons (Fsp3) is 0.250. The van der Waals surface area contributed by atoms with E-state index < -0.39 is 17.5 Å². The standard InChI is InChI=1S/C28H25F2N5O2/c29-18-10-17(11-19(30)13-18)21-14-33-23-5-4-16(22-2-1-3-25(34-22)28(31)36)12-20(23)27(21)35-8-6-24-26(15-35)37-9-7-32-24/h1-5,10-14,24,26,32H,6-9,15H2,(H2,31,36)/t24?,26-/m1/s1. The first kappa shape index (κ1) is 23.4. The van der Waals surface area contributed by atoms with E-state index in [1.807, 2.05) is 18.2 Å². The molecule has 2 aromatic carbocycles. The first-order valence-electron chi connectivity index (χ1n) is 12.2. The SMILES string of the molecule is NC(=O)c1cccc(-c2ccc3ncc(-c4cc(F)cc(F)c4)c(N4CCC5NCCO[C@@H]5C4)c3c2)n1. The van der Waals surface area contributed by atoms with E-state index in [2.05, 4.69) is 20.2 Å². The third kappa shape index (κ3) is 4.52. The van der Waals surface area contributed by atoms with Crippen LogP contribution in [0.3, 0.4) is 0 Å². The zero-order chi connectivity index (χ0) is 25.5. The number of nitrogens with two attached hydrogens (primary N) is 1. The molecule has 2 saturated heterocycles. The number of halogens is 2. The van der Waals surface area contributed by atoms with Gasteiger partial charge in [0.05, 0.1) is 29.6 Å². The van der Waals surface area contributed by atoms with E-state index in [1.54, 1.807) is 24.4 Å². The highest BCUT2D eigenvalue weighted by atomic mass is 19.1. The average molecular weight is 502 g/mol. The summed E-state index contributed by atoms with van der Waals surface area (Å²) in [5.41, 5.74) is 9.57. The molecule has 0 spiro atoms. The number of pyridine rings is 2. The van der Waals surface area contributed by atoms with Gasteiger partial charge < -0.3 is 20.7 Å². The molecule has 2 aliphatic heterocycles. The summed E-state index contributed by atoms with van der Waals surface area (Å²) in [6.07, 6.45) is 2.54. The Labute approximate surface area is 212 Å². The Kier molecular flexibility index (Phi) is 6.02. The lowest BCUT2D eigenvalue weighted by atomic mass is 9.95. The van der Waals surface area contributed by atoms with Crippen LogP contribution in [-0.4, -0.2) is 54.3 Å². The second-order valence-electron chi connectivity index (χ2n) is 9.39. The molecule has 4 heterocycles. The van der Waals surface area contributed by atoms with Crippen LogP contribution in [0, 0.1) is 11.6 Å². The van der Waals surface area contributed by atoms with Crippen molar-refractivity contribution in [2.45, 2.75) is 18.6 Å². The number of nitrogens with zero attached hydrogens (tertiary/aromatic N) is 3. The van der Waals surface area contributed by atoms with Gasteiger partial charge in [0.15, 0.2) is 0 Å². The predicted octanol–water partition coefficient (Wildman–Crippen LogP) is 3.91. The van der Waals surface area contributed by atoms with Crippen molar-refractivity contribution < 1.29 is 18.3 Å². The number of fused-ring (bicyclic) bond motifs is 2. The summed E-state index contributed by atoms with van der Waals surface area (Å²) in [6.45, 7) is 2.83. The Morgan fingerprint density at radius 1 is 1.08 bits per heavy atom. The number of carbonyl (C=O) groups excluding carboxylic acids is 1. The van der Waals surface area contributed by atoms with Crippen LogP contribution in [0.1, 0.15) is 16.9 Å². The van der Waals surface area contributed by atoms with Gasteiger partial charge in [-0.25, -0.2) is 13.8 Å². The van der Waals surface area contributed by atoms with E-state index in [0.717, 1.165) is 47.7 Å². The van der Waals surface area contributed by atoms with Gasteiger partial charge in [-0.2, -0.15) is 0 Å². The monoisotopic (exact) mass is 501 g/mol. The summed E-state index contributed by atoms with van der Waals surface area (Å²) in [5, 5.41) is 4.34. The molecule has 2 fully saturated rings. The first-order valence-corrected chi connectivity index (χ1v) is 12.2. The summed E-state index contributed by atoms with van der Waals surface area (Å²) in [4.78, 5) is 22.9. The number of carbonyl (C=O) groups is 1. The zero-order valence-electron chi connectivity index (χ0n) is 20.0. The molecule has 0 aliphatic carbocycles. The van der Waals surface area contributed by atoms with Gasteiger partial charge in [-0.15, -0.1) is 0 Å². The predicted molar refractivity (Wildman–Crippen MR) is 137 cm³/mol. The van der Waals surface area contributed by atoms with Gasteiger partial charge in [0, 0.05) is 54.5 Å². The number of ether oxygens (including phenoxy) is 1. The van der Waals surface area contributed by atoms with E-state index in [9.17, 15) is 13.6 Å². The minimum Gasteiger partial charge on any atom is -0.373 e. The number of rotatable bonds is 4. The maximum atomic E-state index is 14.3. The number of hydrogen-bond acceptors (Lipinski definition) is 6. The number of piperidine rings is 1. The first-order chi connectivity index (χ1) is 18.0. The van der Waals surface area contributed by atoms with Crippen molar-refractivity contribution in [3.8, 4) is 22.4 Å². The number of anilines is 1. The molecule has 3 N–H and O–H groups in total. The van der Waals surface area contributed by atoms with Crippen LogP contribution in [-0.2, 0) is 4.74 Å². The molecule has 188 valence electrons. The number of amides is 1. The fourth-order valence-corrected chi connectivity index (χ4v) is 5.31. The molecule has 7 nitrogen and oxygen atoms in total. The van der Waals surface area contributed by atoms with Crippen molar-refractivity contribution in [2.24, 2.45) is 5.73 Å². The Morgan fingerprint density at radius 3 is 2.73 bits per heavy atom. The summed E-state index contributed by atoms with van der Waals surface area (Å²) >= 11 is 0. The van der Waals surface area contributed by atoms with Crippen LogP contribution < -0.4 is 16.0 Å². The molecule has 2 aromatic heterocycles. The number of hydrogen-bond donors (Lipinski definition) is 2. The summed E-state index contributed by atoms with van der Waals surface area (Å²) < 4.78 is 34.6. The molecule has 6 rings (SSSR count). The van der Waals surface area contributed by atoms with Gasteiger partial charge in [-0.05, 0) is 48.4 Å². The normalized spacial score (nSPS) is 19.6. The summed E-state index contributed by atoms with van der Waals surface area (Å²) in [6, 6.07) is 14.6. The van der Waals surface area contributed by atoms with E-state index in [0.29, 0.717) is 30.0 Å². The zero-order valence-corrected chi connectivity index (χ0v) is 20.0. The minimum atomic E-state index is -0.652. The van der Waals surface area contributed by atoms with Crippen LogP contribution >= 0.6 is 0 Å². The highest BCUT2D eigenvalue weighted by Crippen LogP contribution is 2.40. The molecule has 9 heteroatoms. The van der Waals surface area contributed by atoms with Gasteiger partial charge in [-0.1, -0.05) is 12.1 Å². The molecule has 2 atom stereocenters. The largest absolute Gasteiger partial charge is 0.373 e. The lowest BCUT2D eigenvalue weighted by Gasteiger charge is -2.43. The summed E-state index contributed by atoms with van der Waals surface area (Å²) in [5.74, 6) is -1.91. The van der Waals surface area contributed by atoms with Crippen LogP contribution in [0.2, 0.25) is 0 Å². The lowest BCUT2D eigenvalue weighted by molar-refractivity contribution is -0.00896. The third-order valence-corrected chi connectivity index (χ3v) is 7.03. The van der Waals surface area contributed by atoms with E-state index in [-0.39, 0.29) is 17.8 Å². The number of benzene rings is 2. The van der Waals surface area contributed by atoms with Crippen molar-refractivity contribution in [3.63, 3.8) is 0 Å². The Hall–Kier alpha value is -3.95. The molecule has 1 unspecified atom stereocenters. The molecule has 4 aromatic rings. The Morgan fingerprint density at radius 2 is 1.92 bits per heavy atom. The molecule has 0 saturated carbocycles. The van der Waals surface area contributed by atoms with Crippen molar-refractivity contribution in [1.29, 1.82) is 0 Å². The second-order valence-corrected chi connectivity index (χ2v) is 9.39. The minimum absolute atomic E-state index is 0.0000849. The van der Waals surface area contributed by atoms with Crippen LogP contribution in [0.4, 0.5) is 14.5 Å². The van der Waals surface area contributed by atoms with Crippen LogP contribution in [0.5, 0.6) is 0 Å². The van der Waals surface area contributed by atoms with Gasteiger partial charge >= 0.3 is 0 Å². The molecule has 37 heavy (non-hydrogen) atoms. The quantitative estimate of drug-likeness (QED) is 0.441. The van der Waals surface area contributed by atoms with Gasteiger partial charge in [-0.3, -0.25) is 9.78 Å². The second kappa shape index (κ2) is 9.49. The number of primary amides is 1. The molecule has 1 amide bonds.